The van der Waals surface area contributed by atoms with Crippen LogP contribution in [-0.4, -0.2) is 17.5 Å². The van der Waals surface area contributed by atoms with Gasteiger partial charge in [0, 0.05) is 11.1 Å². The summed E-state index contributed by atoms with van der Waals surface area (Å²) >= 11 is 1.44. The zero-order valence-electron chi connectivity index (χ0n) is 11.2. The van der Waals surface area contributed by atoms with E-state index in [1.54, 1.807) is 6.20 Å². The minimum absolute atomic E-state index is 0.0128. The molecule has 1 amide bonds. The Morgan fingerprint density at radius 2 is 2.11 bits per heavy atom. The molecule has 100 valence electrons. The Morgan fingerprint density at radius 3 is 2.74 bits per heavy atom. The summed E-state index contributed by atoms with van der Waals surface area (Å²) in [7, 11) is 0. The quantitative estimate of drug-likeness (QED) is 0.933. The topological polar surface area (TPSA) is 51.2 Å². The highest BCUT2D eigenvalue weighted by atomic mass is 32.1. The van der Waals surface area contributed by atoms with Crippen LogP contribution in [0.5, 0.6) is 5.75 Å². The van der Waals surface area contributed by atoms with Crippen molar-refractivity contribution < 1.29 is 9.53 Å². The SMILES string of the molecule is Cc1cnc(NC(=O)COc2ccc(C)c(C)c2)s1. The van der Waals surface area contributed by atoms with Crippen molar-refractivity contribution in [2.45, 2.75) is 20.8 Å². The molecule has 1 aromatic heterocycles. The van der Waals surface area contributed by atoms with E-state index in [2.05, 4.69) is 10.3 Å². The largest absolute Gasteiger partial charge is 0.484 e. The first-order chi connectivity index (χ1) is 9.04. The van der Waals surface area contributed by atoms with Gasteiger partial charge in [-0.1, -0.05) is 6.07 Å². The van der Waals surface area contributed by atoms with Crippen LogP contribution in [0.1, 0.15) is 16.0 Å². The monoisotopic (exact) mass is 276 g/mol. The van der Waals surface area contributed by atoms with Gasteiger partial charge in [-0.3, -0.25) is 10.1 Å². The van der Waals surface area contributed by atoms with Crippen molar-refractivity contribution in [3.05, 3.63) is 40.4 Å². The molecule has 0 fully saturated rings. The number of carbonyl (C=O) groups excluding carboxylic acids is 1. The summed E-state index contributed by atoms with van der Waals surface area (Å²) in [5.74, 6) is 0.501. The van der Waals surface area contributed by atoms with Gasteiger partial charge in [0.1, 0.15) is 5.75 Å². The van der Waals surface area contributed by atoms with E-state index in [0.29, 0.717) is 10.9 Å². The van der Waals surface area contributed by atoms with Crippen LogP contribution < -0.4 is 10.1 Å². The Labute approximate surface area is 116 Å². The van der Waals surface area contributed by atoms with Crippen molar-refractivity contribution in [1.29, 1.82) is 0 Å². The Balaban J connectivity index is 1.88. The third-order valence-corrected chi connectivity index (χ3v) is 3.54. The second kappa shape index (κ2) is 5.84. The Bertz CT molecular complexity index is 593. The van der Waals surface area contributed by atoms with Gasteiger partial charge in [-0.05, 0) is 44.0 Å². The summed E-state index contributed by atoms with van der Waals surface area (Å²) in [5, 5.41) is 3.31. The first-order valence-electron chi connectivity index (χ1n) is 5.97. The lowest BCUT2D eigenvalue weighted by molar-refractivity contribution is -0.118. The van der Waals surface area contributed by atoms with Crippen molar-refractivity contribution in [1.82, 2.24) is 4.98 Å². The van der Waals surface area contributed by atoms with Gasteiger partial charge in [0.25, 0.3) is 5.91 Å². The van der Waals surface area contributed by atoms with Crippen molar-refractivity contribution >= 4 is 22.4 Å². The van der Waals surface area contributed by atoms with E-state index in [1.807, 2.05) is 39.0 Å². The number of hydrogen-bond acceptors (Lipinski definition) is 4. The van der Waals surface area contributed by atoms with Crippen molar-refractivity contribution in [3.8, 4) is 5.75 Å². The lowest BCUT2D eigenvalue weighted by Gasteiger charge is -2.07. The van der Waals surface area contributed by atoms with Crippen LogP contribution in [0, 0.1) is 20.8 Å². The molecule has 0 bridgehead atoms. The number of ether oxygens (including phenoxy) is 1. The summed E-state index contributed by atoms with van der Waals surface area (Å²) in [6.45, 7) is 5.98. The molecule has 2 rings (SSSR count). The summed E-state index contributed by atoms with van der Waals surface area (Å²) in [6.07, 6.45) is 1.73. The number of hydrogen-bond donors (Lipinski definition) is 1. The summed E-state index contributed by atoms with van der Waals surface area (Å²) < 4.78 is 5.45. The fourth-order valence-corrected chi connectivity index (χ4v) is 2.20. The third kappa shape index (κ3) is 3.79. The van der Waals surface area contributed by atoms with Gasteiger partial charge in [-0.2, -0.15) is 0 Å². The number of aromatic nitrogens is 1. The van der Waals surface area contributed by atoms with E-state index >= 15 is 0 Å². The third-order valence-electron chi connectivity index (χ3n) is 2.72. The highest BCUT2D eigenvalue weighted by molar-refractivity contribution is 7.15. The van der Waals surface area contributed by atoms with Gasteiger partial charge in [0.15, 0.2) is 11.7 Å². The highest BCUT2D eigenvalue weighted by Gasteiger charge is 2.06. The van der Waals surface area contributed by atoms with Crippen LogP contribution in [0.15, 0.2) is 24.4 Å². The van der Waals surface area contributed by atoms with Crippen molar-refractivity contribution in [2.24, 2.45) is 0 Å². The van der Waals surface area contributed by atoms with Crippen LogP contribution >= 0.6 is 11.3 Å². The molecular formula is C14H16N2O2S. The Morgan fingerprint density at radius 1 is 1.32 bits per heavy atom. The fraction of sp³-hybridized carbons (Fsp3) is 0.286. The Kier molecular flexibility index (Phi) is 4.16. The van der Waals surface area contributed by atoms with Crippen LogP contribution in [0.2, 0.25) is 0 Å². The van der Waals surface area contributed by atoms with E-state index in [1.165, 1.54) is 16.9 Å². The predicted molar refractivity (Wildman–Crippen MR) is 76.9 cm³/mol. The predicted octanol–water partition coefficient (Wildman–Crippen LogP) is 3.09. The molecule has 0 saturated heterocycles. The van der Waals surface area contributed by atoms with Gasteiger partial charge in [-0.25, -0.2) is 4.98 Å². The van der Waals surface area contributed by atoms with Crippen molar-refractivity contribution in [2.75, 3.05) is 11.9 Å². The van der Waals surface area contributed by atoms with Gasteiger partial charge >= 0.3 is 0 Å². The average Bonchev–Trinajstić information content (AvgIpc) is 2.76. The molecule has 0 spiro atoms. The summed E-state index contributed by atoms with van der Waals surface area (Å²) in [4.78, 5) is 16.8. The molecule has 0 radical (unpaired) electrons. The van der Waals surface area contributed by atoms with Gasteiger partial charge in [0.05, 0.1) is 0 Å². The second-order valence-corrected chi connectivity index (χ2v) is 5.59. The van der Waals surface area contributed by atoms with Gasteiger partial charge < -0.3 is 4.74 Å². The molecule has 0 aliphatic rings. The number of anilines is 1. The molecular weight excluding hydrogens is 260 g/mol. The van der Waals surface area contributed by atoms with E-state index in [9.17, 15) is 4.79 Å². The first-order valence-corrected chi connectivity index (χ1v) is 6.78. The highest BCUT2D eigenvalue weighted by Crippen LogP contribution is 2.18. The summed E-state index contributed by atoms with van der Waals surface area (Å²) in [6, 6.07) is 5.77. The lowest BCUT2D eigenvalue weighted by atomic mass is 10.1. The number of aryl methyl sites for hydroxylation is 3. The maximum Gasteiger partial charge on any atom is 0.264 e. The number of rotatable bonds is 4. The van der Waals surface area contributed by atoms with Crippen LogP contribution in [-0.2, 0) is 4.79 Å². The van der Waals surface area contributed by atoms with E-state index in [4.69, 9.17) is 4.74 Å². The molecule has 19 heavy (non-hydrogen) atoms. The Hall–Kier alpha value is -1.88. The second-order valence-electron chi connectivity index (χ2n) is 4.36. The zero-order valence-corrected chi connectivity index (χ0v) is 12.0. The molecule has 1 heterocycles. The zero-order chi connectivity index (χ0) is 13.8. The molecule has 5 heteroatoms. The number of carbonyl (C=O) groups is 1. The van der Waals surface area contributed by atoms with E-state index in [0.717, 1.165) is 10.4 Å². The van der Waals surface area contributed by atoms with Crippen molar-refractivity contribution in [3.63, 3.8) is 0 Å². The number of nitrogens with zero attached hydrogens (tertiary/aromatic N) is 1. The van der Waals surface area contributed by atoms with Gasteiger partial charge in [-0.15, -0.1) is 11.3 Å². The first kappa shape index (κ1) is 13.5. The van der Waals surface area contributed by atoms with Crippen LogP contribution in [0.3, 0.4) is 0 Å². The van der Waals surface area contributed by atoms with E-state index < -0.39 is 0 Å². The molecule has 0 unspecified atom stereocenters. The molecule has 0 saturated carbocycles. The van der Waals surface area contributed by atoms with Gasteiger partial charge in [0.2, 0.25) is 0 Å². The molecule has 0 atom stereocenters. The molecule has 1 aromatic carbocycles. The smallest absolute Gasteiger partial charge is 0.264 e. The minimum Gasteiger partial charge on any atom is -0.484 e. The van der Waals surface area contributed by atoms with Crippen LogP contribution in [0.4, 0.5) is 5.13 Å². The lowest BCUT2D eigenvalue weighted by Crippen LogP contribution is -2.20. The number of thiazole rings is 1. The molecule has 2 aromatic rings. The van der Waals surface area contributed by atoms with E-state index in [-0.39, 0.29) is 12.5 Å². The average molecular weight is 276 g/mol. The number of nitrogens with one attached hydrogen (secondary N) is 1. The summed E-state index contributed by atoms with van der Waals surface area (Å²) in [5.41, 5.74) is 2.35. The number of benzene rings is 1. The maximum atomic E-state index is 11.7. The minimum atomic E-state index is -0.201. The maximum absolute atomic E-state index is 11.7. The molecule has 0 aliphatic heterocycles. The van der Waals surface area contributed by atoms with Crippen LogP contribution in [0.25, 0.3) is 0 Å². The standard InChI is InChI=1S/C14H16N2O2S/c1-9-4-5-12(6-10(9)2)18-8-13(17)16-14-15-7-11(3)19-14/h4-7H,8H2,1-3H3,(H,15,16,17). The fourth-order valence-electron chi connectivity index (χ4n) is 1.52. The molecule has 1 N–H and O–H groups in total. The number of amides is 1. The molecule has 0 aliphatic carbocycles. The molecule has 4 nitrogen and oxygen atoms in total. The normalized spacial score (nSPS) is 10.3.